The molecule has 1 aromatic carbocycles. The molecule has 30 heavy (non-hydrogen) atoms. The molecule has 6 nitrogen and oxygen atoms in total. The van der Waals surface area contributed by atoms with Gasteiger partial charge < -0.3 is 10.1 Å². The van der Waals surface area contributed by atoms with Crippen molar-refractivity contribution in [2.75, 3.05) is 6.61 Å². The zero-order chi connectivity index (χ0) is 20.9. The first kappa shape index (κ1) is 20.6. The van der Waals surface area contributed by atoms with Gasteiger partial charge in [-0.15, -0.1) is 11.3 Å². The third-order valence-corrected chi connectivity index (χ3v) is 6.37. The summed E-state index contributed by atoms with van der Waals surface area (Å²) in [5.74, 6) is 0.689. The first-order valence-electron chi connectivity index (χ1n) is 10.6. The highest BCUT2D eigenvalue weighted by Crippen LogP contribution is 2.31. The van der Waals surface area contributed by atoms with Crippen molar-refractivity contribution in [3.05, 3.63) is 46.3 Å². The van der Waals surface area contributed by atoms with Crippen LogP contribution in [0.5, 0.6) is 5.75 Å². The van der Waals surface area contributed by atoms with Gasteiger partial charge in [-0.05, 0) is 37.0 Å². The number of ether oxygens (including phenoxy) is 1. The second-order valence-corrected chi connectivity index (χ2v) is 8.64. The molecule has 3 aromatic rings. The van der Waals surface area contributed by atoms with Crippen LogP contribution in [0.25, 0.3) is 21.3 Å². The maximum atomic E-state index is 13.1. The lowest BCUT2D eigenvalue weighted by atomic mass is 9.95. The van der Waals surface area contributed by atoms with E-state index in [2.05, 4.69) is 17.2 Å². The molecule has 7 heteroatoms. The van der Waals surface area contributed by atoms with Gasteiger partial charge in [0, 0.05) is 17.0 Å². The summed E-state index contributed by atoms with van der Waals surface area (Å²) in [6.07, 6.45) is 8.01. The molecule has 1 fully saturated rings. The number of benzene rings is 1. The van der Waals surface area contributed by atoms with E-state index < -0.39 is 0 Å². The molecule has 1 amide bonds. The molecule has 1 aliphatic rings. The lowest BCUT2D eigenvalue weighted by Crippen LogP contribution is -2.39. The predicted molar refractivity (Wildman–Crippen MR) is 120 cm³/mol. The number of rotatable bonds is 7. The van der Waals surface area contributed by atoms with Crippen LogP contribution in [0.3, 0.4) is 0 Å². The maximum Gasteiger partial charge on any atom is 0.263 e. The molecule has 0 aliphatic heterocycles. The molecule has 0 unspecified atom stereocenters. The van der Waals surface area contributed by atoms with Crippen molar-refractivity contribution in [1.29, 1.82) is 0 Å². The van der Waals surface area contributed by atoms with Crippen LogP contribution in [0.1, 0.15) is 45.4 Å². The van der Waals surface area contributed by atoms with Gasteiger partial charge in [0.2, 0.25) is 5.91 Å². The van der Waals surface area contributed by atoms with Crippen molar-refractivity contribution in [3.63, 3.8) is 0 Å². The number of carbonyl (C=O) groups is 1. The number of fused-ring (bicyclic) bond motifs is 1. The first-order chi connectivity index (χ1) is 14.7. The van der Waals surface area contributed by atoms with Crippen molar-refractivity contribution >= 4 is 27.5 Å². The fraction of sp³-hybridized carbons (Fsp3) is 0.435. The van der Waals surface area contributed by atoms with E-state index in [-0.39, 0.29) is 24.1 Å². The van der Waals surface area contributed by atoms with Crippen LogP contribution in [-0.2, 0) is 11.3 Å². The molecule has 1 saturated carbocycles. The Balaban J connectivity index is 1.56. The number of thiophene rings is 1. The normalized spacial score (nSPS) is 14.7. The van der Waals surface area contributed by atoms with Crippen molar-refractivity contribution in [2.24, 2.45) is 0 Å². The van der Waals surface area contributed by atoms with Crippen LogP contribution >= 0.6 is 11.3 Å². The van der Waals surface area contributed by atoms with Gasteiger partial charge >= 0.3 is 0 Å². The fourth-order valence-electron chi connectivity index (χ4n) is 3.92. The van der Waals surface area contributed by atoms with Crippen LogP contribution in [0, 0.1) is 0 Å². The van der Waals surface area contributed by atoms with Crippen molar-refractivity contribution in [2.45, 2.75) is 58.0 Å². The third-order valence-electron chi connectivity index (χ3n) is 5.48. The van der Waals surface area contributed by atoms with E-state index in [9.17, 15) is 9.59 Å². The average molecular weight is 426 g/mol. The number of hydrogen-bond acceptors (Lipinski definition) is 5. The Bertz CT molecular complexity index is 1070. The van der Waals surface area contributed by atoms with Gasteiger partial charge in [-0.2, -0.15) is 0 Å². The maximum absolute atomic E-state index is 13.1. The summed E-state index contributed by atoms with van der Waals surface area (Å²) in [4.78, 5) is 30.7. The number of nitrogens with zero attached hydrogens (tertiary/aromatic N) is 2. The number of aromatic nitrogens is 2. The molecule has 0 bridgehead atoms. The molecule has 2 aromatic heterocycles. The standard InChI is InChI=1S/C23H27N3O3S/c1-2-12-29-18-10-8-16(9-11-18)19-14-30-22-21(19)23(28)26(15-24-22)13-20(27)25-17-6-4-3-5-7-17/h8-11,14-15,17H,2-7,12-13H2,1H3,(H,25,27). The minimum absolute atomic E-state index is 0.00262. The number of amides is 1. The van der Waals surface area contributed by atoms with Gasteiger partial charge in [0.15, 0.2) is 0 Å². The Labute approximate surface area is 179 Å². The molecule has 1 N–H and O–H groups in total. The zero-order valence-corrected chi connectivity index (χ0v) is 18.0. The topological polar surface area (TPSA) is 73.2 Å². The Kier molecular flexibility index (Phi) is 6.47. The third kappa shape index (κ3) is 4.56. The van der Waals surface area contributed by atoms with E-state index in [0.29, 0.717) is 16.8 Å². The summed E-state index contributed by atoms with van der Waals surface area (Å²) in [6.45, 7) is 2.74. The molecule has 4 rings (SSSR count). The summed E-state index contributed by atoms with van der Waals surface area (Å²) in [5.41, 5.74) is 1.60. The molecule has 0 radical (unpaired) electrons. The fourth-order valence-corrected chi connectivity index (χ4v) is 4.82. The Morgan fingerprint density at radius 2 is 2.00 bits per heavy atom. The summed E-state index contributed by atoms with van der Waals surface area (Å²) < 4.78 is 7.06. The minimum Gasteiger partial charge on any atom is -0.494 e. The van der Waals surface area contributed by atoms with Crippen LogP contribution in [0.2, 0.25) is 0 Å². The summed E-state index contributed by atoms with van der Waals surface area (Å²) in [5, 5.41) is 5.58. The number of nitrogens with one attached hydrogen (secondary N) is 1. The largest absolute Gasteiger partial charge is 0.494 e. The van der Waals surface area contributed by atoms with Gasteiger partial charge in [0.05, 0.1) is 18.3 Å². The molecular formula is C23H27N3O3S. The predicted octanol–water partition coefficient (Wildman–Crippen LogP) is 4.36. The van der Waals surface area contributed by atoms with E-state index in [1.165, 1.54) is 28.7 Å². The van der Waals surface area contributed by atoms with Crippen LogP contribution in [0.4, 0.5) is 0 Å². The van der Waals surface area contributed by atoms with Crippen LogP contribution in [0.15, 0.2) is 40.8 Å². The number of carbonyl (C=O) groups excluding carboxylic acids is 1. The minimum atomic E-state index is -0.179. The van der Waals surface area contributed by atoms with Crippen molar-refractivity contribution in [3.8, 4) is 16.9 Å². The Morgan fingerprint density at radius 3 is 2.73 bits per heavy atom. The van der Waals surface area contributed by atoms with Gasteiger partial charge in [-0.3, -0.25) is 14.2 Å². The van der Waals surface area contributed by atoms with Gasteiger partial charge in [0.1, 0.15) is 17.1 Å². The highest BCUT2D eigenvalue weighted by molar-refractivity contribution is 7.17. The quantitative estimate of drug-likeness (QED) is 0.610. The molecule has 158 valence electrons. The highest BCUT2D eigenvalue weighted by Gasteiger charge is 2.18. The Morgan fingerprint density at radius 1 is 1.23 bits per heavy atom. The summed E-state index contributed by atoms with van der Waals surface area (Å²) >= 11 is 1.44. The highest BCUT2D eigenvalue weighted by atomic mass is 32.1. The first-order valence-corrected chi connectivity index (χ1v) is 11.5. The average Bonchev–Trinajstić information content (AvgIpc) is 3.20. The van der Waals surface area contributed by atoms with E-state index in [1.54, 1.807) is 0 Å². The van der Waals surface area contributed by atoms with Crippen LogP contribution < -0.4 is 15.6 Å². The SMILES string of the molecule is CCCOc1ccc(-c2csc3ncn(CC(=O)NC4CCCCC4)c(=O)c23)cc1. The second-order valence-electron chi connectivity index (χ2n) is 7.78. The zero-order valence-electron chi connectivity index (χ0n) is 17.2. The molecule has 1 aliphatic carbocycles. The van der Waals surface area contributed by atoms with Crippen molar-refractivity contribution < 1.29 is 9.53 Å². The monoisotopic (exact) mass is 425 g/mol. The lowest BCUT2D eigenvalue weighted by molar-refractivity contribution is -0.122. The molecule has 2 heterocycles. The van der Waals surface area contributed by atoms with E-state index in [1.807, 2.05) is 29.6 Å². The molecule has 0 atom stereocenters. The Hall–Kier alpha value is -2.67. The molecule has 0 spiro atoms. The second kappa shape index (κ2) is 9.43. The summed E-state index contributed by atoms with van der Waals surface area (Å²) in [6, 6.07) is 7.98. The van der Waals surface area contributed by atoms with Gasteiger partial charge in [-0.1, -0.05) is 38.3 Å². The lowest BCUT2D eigenvalue weighted by Gasteiger charge is -2.22. The van der Waals surface area contributed by atoms with Crippen molar-refractivity contribution in [1.82, 2.24) is 14.9 Å². The van der Waals surface area contributed by atoms with Crippen LogP contribution in [-0.4, -0.2) is 28.1 Å². The van der Waals surface area contributed by atoms with Gasteiger partial charge in [0.25, 0.3) is 5.56 Å². The van der Waals surface area contributed by atoms with E-state index in [4.69, 9.17) is 4.74 Å². The number of hydrogen-bond donors (Lipinski definition) is 1. The smallest absolute Gasteiger partial charge is 0.263 e. The van der Waals surface area contributed by atoms with E-state index in [0.717, 1.165) is 49.0 Å². The molecule has 0 saturated heterocycles. The molecular weight excluding hydrogens is 398 g/mol. The van der Waals surface area contributed by atoms with Gasteiger partial charge in [-0.25, -0.2) is 4.98 Å². The summed E-state index contributed by atoms with van der Waals surface area (Å²) in [7, 11) is 0. The van der Waals surface area contributed by atoms with E-state index >= 15 is 0 Å².